The zero-order valence-corrected chi connectivity index (χ0v) is 16.4. The predicted octanol–water partition coefficient (Wildman–Crippen LogP) is 1.86. The number of aromatic nitrogens is 2. The number of aryl methyl sites for hydroxylation is 2. The summed E-state index contributed by atoms with van der Waals surface area (Å²) in [6.07, 6.45) is 7.17. The van der Waals surface area contributed by atoms with Gasteiger partial charge in [-0.1, -0.05) is 0 Å². The summed E-state index contributed by atoms with van der Waals surface area (Å²) in [7, 11) is -3.32. The summed E-state index contributed by atoms with van der Waals surface area (Å²) in [6, 6.07) is 5.07. The maximum Gasteiger partial charge on any atom is 0.251 e. The van der Waals surface area contributed by atoms with Crippen LogP contribution in [0.25, 0.3) is 0 Å². The monoisotopic (exact) mass is 388 g/mol. The highest BCUT2D eigenvalue weighted by atomic mass is 32.2. The molecule has 1 amide bonds. The SMILES string of the molecule is CC1Cc2cc(C(=O)NCc3cn4c(n3)CCCC4)ccc2N1S(C)(=O)=O. The van der Waals surface area contributed by atoms with E-state index in [1.54, 1.807) is 18.2 Å². The number of carbonyl (C=O) groups is 1. The minimum absolute atomic E-state index is 0.134. The number of imidazole rings is 1. The maximum atomic E-state index is 12.5. The van der Waals surface area contributed by atoms with Gasteiger partial charge in [0.2, 0.25) is 10.0 Å². The summed E-state index contributed by atoms with van der Waals surface area (Å²) in [6.45, 7) is 3.26. The molecule has 2 aliphatic heterocycles. The summed E-state index contributed by atoms with van der Waals surface area (Å²) in [4.78, 5) is 17.1. The molecule has 4 rings (SSSR count). The average Bonchev–Trinajstić information content (AvgIpc) is 3.17. The quantitative estimate of drug-likeness (QED) is 0.866. The lowest BCUT2D eigenvalue weighted by Crippen LogP contribution is -2.34. The smallest absolute Gasteiger partial charge is 0.251 e. The van der Waals surface area contributed by atoms with E-state index in [1.807, 2.05) is 13.1 Å². The van der Waals surface area contributed by atoms with E-state index in [1.165, 1.54) is 23.4 Å². The Bertz CT molecular complexity index is 973. The third kappa shape index (κ3) is 3.45. The highest BCUT2D eigenvalue weighted by Gasteiger charge is 2.32. The van der Waals surface area contributed by atoms with Gasteiger partial charge in [0.1, 0.15) is 5.82 Å². The molecule has 7 nitrogen and oxygen atoms in total. The maximum absolute atomic E-state index is 12.5. The van der Waals surface area contributed by atoms with Gasteiger partial charge in [-0.25, -0.2) is 13.4 Å². The number of carbonyl (C=O) groups excluding carboxylic acids is 1. The lowest BCUT2D eigenvalue weighted by Gasteiger charge is -2.21. The molecule has 2 aliphatic rings. The molecule has 0 saturated carbocycles. The van der Waals surface area contributed by atoms with Crippen LogP contribution in [0.4, 0.5) is 5.69 Å². The number of hydrogen-bond donors (Lipinski definition) is 1. The van der Waals surface area contributed by atoms with E-state index < -0.39 is 10.0 Å². The molecule has 1 atom stereocenters. The Morgan fingerprint density at radius 2 is 2.15 bits per heavy atom. The van der Waals surface area contributed by atoms with E-state index >= 15 is 0 Å². The van der Waals surface area contributed by atoms with Crippen molar-refractivity contribution in [3.63, 3.8) is 0 Å². The van der Waals surface area contributed by atoms with Crippen molar-refractivity contribution in [3.8, 4) is 0 Å². The summed E-state index contributed by atoms with van der Waals surface area (Å²) < 4.78 is 27.6. The van der Waals surface area contributed by atoms with Gasteiger partial charge in [-0.3, -0.25) is 9.10 Å². The Balaban J connectivity index is 1.47. The minimum atomic E-state index is -3.32. The molecule has 1 aromatic heterocycles. The molecule has 0 aliphatic carbocycles. The molecule has 1 aromatic carbocycles. The van der Waals surface area contributed by atoms with Crippen LogP contribution in [0, 0.1) is 0 Å². The van der Waals surface area contributed by atoms with Gasteiger partial charge in [-0.2, -0.15) is 0 Å². The largest absolute Gasteiger partial charge is 0.346 e. The molecule has 27 heavy (non-hydrogen) atoms. The second-order valence-electron chi connectivity index (χ2n) is 7.44. The first-order chi connectivity index (χ1) is 12.8. The van der Waals surface area contributed by atoms with Gasteiger partial charge in [0.05, 0.1) is 24.2 Å². The van der Waals surface area contributed by atoms with Gasteiger partial charge in [0.25, 0.3) is 5.91 Å². The third-order valence-electron chi connectivity index (χ3n) is 5.24. The van der Waals surface area contributed by atoms with E-state index in [-0.39, 0.29) is 11.9 Å². The van der Waals surface area contributed by atoms with Crippen molar-refractivity contribution in [2.24, 2.45) is 0 Å². The minimum Gasteiger partial charge on any atom is -0.346 e. The summed E-state index contributed by atoms with van der Waals surface area (Å²) in [5, 5.41) is 2.92. The zero-order valence-electron chi connectivity index (χ0n) is 15.6. The number of anilines is 1. The molecule has 0 radical (unpaired) electrons. The van der Waals surface area contributed by atoms with Crippen LogP contribution in [-0.4, -0.2) is 36.2 Å². The number of amides is 1. The van der Waals surface area contributed by atoms with E-state index in [2.05, 4.69) is 14.9 Å². The molecule has 0 spiro atoms. The number of fused-ring (bicyclic) bond motifs is 2. The Kier molecular flexibility index (Phi) is 4.46. The summed E-state index contributed by atoms with van der Waals surface area (Å²) in [5.41, 5.74) is 2.97. The Labute approximate surface area is 159 Å². The first-order valence-electron chi connectivity index (χ1n) is 9.28. The van der Waals surface area contributed by atoms with Crippen molar-refractivity contribution in [2.75, 3.05) is 10.6 Å². The molecule has 3 heterocycles. The normalized spacial score (nSPS) is 18.9. The van der Waals surface area contributed by atoms with Crippen LogP contribution in [0.15, 0.2) is 24.4 Å². The summed E-state index contributed by atoms with van der Waals surface area (Å²) in [5.74, 6) is 0.923. The molecular weight excluding hydrogens is 364 g/mol. The lowest BCUT2D eigenvalue weighted by molar-refractivity contribution is 0.0950. The Morgan fingerprint density at radius 1 is 1.33 bits per heavy atom. The molecule has 8 heteroatoms. The van der Waals surface area contributed by atoms with Crippen LogP contribution >= 0.6 is 0 Å². The predicted molar refractivity (Wildman–Crippen MR) is 103 cm³/mol. The summed E-state index contributed by atoms with van der Waals surface area (Å²) >= 11 is 0. The molecule has 0 bridgehead atoms. The van der Waals surface area contributed by atoms with Crippen LogP contribution in [0.2, 0.25) is 0 Å². The number of hydrogen-bond acceptors (Lipinski definition) is 4. The topological polar surface area (TPSA) is 84.3 Å². The van der Waals surface area contributed by atoms with Crippen molar-refractivity contribution in [1.82, 2.24) is 14.9 Å². The number of benzene rings is 1. The Morgan fingerprint density at radius 3 is 2.89 bits per heavy atom. The van der Waals surface area contributed by atoms with E-state index in [0.29, 0.717) is 24.2 Å². The van der Waals surface area contributed by atoms with Gasteiger partial charge >= 0.3 is 0 Å². The second-order valence-corrected chi connectivity index (χ2v) is 9.30. The Hall–Kier alpha value is -2.35. The van der Waals surface area contributed by atoms with Gasteiger partial charge in [0, 0.05) is 30.8 Å². The van der Waals surface area contributed by atoms with Gasteiger partial charge in [-0.05, 0) is 49.9 Å². The van der Waals surface area contributed by atoms with Crippen LogP contribution < -0.4 is 9.62 Å². The van der Waals surface area contributed by atoms with Crippen LogP contribution in [0.1, 0.15) is 47.2 Å². The first kappa shape index (κ1) is 18.0. The lowest BCUT2D eigenvalue weighted by atomic mass is 10.1. The van der Waals surface area contributed by atoms with Crippen molar-refractivity contribution < 1.29 is 13.2 Å². The molecule has 1 unspecified atom stereocenters. The third-order valence-corrected chi connectivity index (χ3v) is 6.51. The van der Waals surface area contributed by atoms with Crippen LogP contribution in [0.3, 0.4) is 0 Å². The fourth-order valence-corrected chi connectivity index (χ4v) is 5.34. The molecule has 2 aromatic rings. The van der Waals surface area contributed by atoms with E-state index in [9.17, 15) is 13.2 Å². The average molecular weight is 388 g/mol. The fraction of sp³-hybridized carbons (Fsp3) is 0.474. The molecule has 1 N–H and O–H groups in total. The van der Waals surface area contributed by atoms with E-state index in [0.717, 1.165) is 30.0 Å². The van der Waals surface area contributed by atoms with Crippen molar-refractivity contribution in [3.05, 3.63) is 47.0 Å². The zero-order chi connectivity index (χ0) is 19.2. The van der Waals surface area contributed by atoms with Gasteiger partial charge in [0.15, 0.2) is 0 Å². The highest BCUT2D eigenvalue weighted by Crippen LogP contribution is 2.34. The van der Waals surface area contributed by atoms with Gasteiger partial charge in [-0.15, -0.1) is 0 Å². The fourth-order valence-electron chi connectivity index (χ4n) is 4.08. The van der Waals surface area contributed by atoms with Crippen molar-refractivity contribution in [2.45, 2.75) is 51.7 Å². The molecular formula is C19H24N4O3S. The number of nitrogens with one attached hydrogen (secondary N) is 1. The standard InChI is InChI=1S/C19H24N4O3S/c1-13-9-15-10-14(6-7-17(15)23(13)27(2,25)26)19(24)20-11-16-12-22-8-4-3-5-18(22)21-16/h6-7,10,12-13H,3-5,8-9,11H2,1-2H3,(H,20,24). The number of nitrogens with zero attached hydrogens (tertiary/aromatic N) is 3. The van der Waals surface area contributed by atoms with Crippen LogP contribution in [0.5, 0.6) is 0 Å². The molecule has 144 valence electrons. The number of rotatable bonds is 4. The number of sulfonamides is 1. The molecule has 0 fully saturated rings. The first-order valence-corrected chi connectivity index (χ1v) is 11.1. The molecule has 0 saturated heterocycles. The second kappa shape index (κ2) is 6.67. The van der Waals surface area contributed by atoms with E-state index in [4.69, 9.17) is 0 Å². The van der Waals surface area contributed by atoms with Crippen molar-refractivity contribution >= 4 is 21.6 Å². The van der Waals surface area contributed by atoms with Crippen LogP contribution in [-0.2, 0) is 36.0 Å². The van der Waals surface area contributed by atoms with Crippen molar-refractivity contribution in [1.29, 1.82) is 0 Å². The van der Waals surface area contributed by atoms with Gasteiger partial charge < -0.3 is 9.88 Å². The highest BCUT2D eigenvalue weighted by molar-refractivity contribution is 7.92.